The molecule has 0 fully saturated rings. The number of carboxylic acids is 1. The maximum Gasteiger partial charge on any atom is 0.341 e. The lowest BCUT2D eigenvalue weighted by atomic mass is 10.1. The minimum Gasteiger partial charge on any atom is -0.477 e. The predicted octanol–water partition coefficient (Wildman–Crippen LogP) is 3.89. The Morgan fingerprint density at radius 2 is 1.96 bits per heavy atom. The van der Waals surface area contributed by atoms with Gasteiger partial charge in [0.25, 0.3) is 0 Å². The number of halogens is 1. The number of hydrogen-bond donors (Lipinski definition) is 1. The number of nitrogens with zero attached hydrogens (tertiary/aromatic N) is 2. The lowest BCUT2D eigenvalue weighted by Gasteiger charge is -2.10. The highest BCUT2D eigenvalue weighted by atomic mass is 35.5. The van der Waals surface area contributed by atoms with Crippen LogP contribution in [0.4, 0.5) is 0 Å². The Kier molecular flexibility index (Phi) is 4.14. The number of carbonyl (C=O) groups excluding carboxylic acids is 1. The lowest BCUT2D eigenvalue weighted by molar-refractivity contribution is 0.0693. The average Bonchev–Trinajstić information content (AvgIpc) is 2.54. The number of aldehydes is 1. The molecule has 0 amide bonds. The minimum absolute atomic E-state index is 0.0274. The smallest absolute Gasteiger partial charge is 0.341 e. The van der Waals surface area contributed by atoms with Crippen molar-refractivity contribution >= 4 is 34.8 Å². The highest BCUT2D eigenvalue weighted by Crippen LogP contribution is 2.28. The van der Waals surface area contributed by atoms with Crippen molar-refractivity contribution in [2.45, 2.75) is 6.92 Å². The number of benzene rings is 1. The van der Waals surface area contributed by atoms with E-state index in [0.29, 0.717) is 11.8 Å². The number of hydrogen-bond acceptors (Lipinski definition) is 5. The fraction of sp³-hybridized carbons (Fsp3) is 0.0588. The molecule has 0 spiro atoms. The average molecular weight is 343 g/mol. The van der Waals surface area contributed by atoms with Crippen LogP contribution in [0.25, 0.3) is 10.9 Å². The van der Waals surface area contributed by atoms with E-state index < -0.39 is 5.97 Å². The molecule has 2 heterocycles. The number of ether oxygens (including phenoxy) is 1. The van der Waals surface area contributed by atoms with Gasteiger partial charge in [-0.15, -0.1) is 0 Å². The molecular formula is C17H11ClN2O4. The third kappa shape index (κ3) is 3.04. The van der Waals surface area contributed by atoms with Crippen molar-refractivity contribution in [3.63, 3.8) is 0 Å². The maximum absolute atomic E-state index is 11.3. The van der Waals surface area contributed by atoms with Gasteiger partial charge < -0.3 is 9.84 Å². The van der Waals surface area contributed by atoms with Crippen LogP contribution in [0.3, 0.4) is 0 Å². The number of rotatable bonds is 4. The second kappa shape index (κ2) is 6.25. The van der Waals surface area contributed by atoms with E-state index in [2.05, 4.69) is 9.97 Å². The van der Waals surface area contributed by atoms with Crippen LogP contribution in [0.15, 0.2) is 36.4 Å². The summed E-state index contributed by atoms with van der Waals surface area (Å²) < 4.78 is 5.50. The molecule has 3 aromatic rings. The van der Waals surface area contributed by atoms with Gasteiger partial charge in [0.15, 0.2) is 6.29 Å². The van der Waals surface area contributed by atoms with Gasteiger partial charge in [0.05, 0.1) is 11.1 Å². The zero-order chi connectivity index (χ0) is 17.3. The topological polar surface area (TPSA) is 89.4 Å². The van der Waals surface area contributed by atoms with Crippen LogP contribution in [0, 0.1) is 6.92 Å². The van der Waals surface area contributed by atoms with Crippen LogP contribution in [0.1, 0.15) is 26.3 Å². The van der Waals surface area contributed by atoms with Gasteiger partial charge in [-0.25, -0.2) is 14.8 Å². The second-order valence-corrected chi connectivity index (χ2v) is 5.48. The minimum atomic E-state index is -1.22. The number of aromatic carboxylic acids is 1. The van der Waals surface area contributed by atoms with Gasteiger partial charge in [-0.1, -0.05) is 23.7 Å². The molecule has 120 valence electrons. The summed E-state index contributed by atoms with van der Waals surface area (Å²) >= 11 is 5.80. The molecule has 0 aliphatic rings. The lowest BCUT2D eigenvalue weighted by Crippen LogP contribution is -2.04. The van der Waals surface area contributed by atoms with Gasteiger partial charge in [0.2, 0.25) is 11.8 Å². The molecule has 0 unspecified atom stereocenters. The van der Waals surface area contributed by atoms with Crippen molar-refractivity contribution in [3.05, 3.63) is 58.2 Å². The molecule has 6 nitrogen and oxygen atoms in total. The SMILES string of the molecule is Cc1ccc2cc(C=O)c(Oc3nc(Cl)ccc3C(=O)O)nc2c1. The second-order valence-electron chi connectivity index (χ2n) is 5.09. The van der Waals surface area contributed by atoms with Crippen LogP contribution >= 0.6 is 11.6 Å². The summed E-state index contributed by atoms with van der Waals surface area (Å²) in [4.78, 5) is 30.8. The van der Waals surface area contributed by atoms with Crippen molar-refractivity contribution in [2.24, 2.45) is 0 Å². The summed E-state index contributed by atoms with van der Waals surface area (Å²) in [7, 11) is 0. The molecule has 0 radical (unpaired) electrons. The Bertz CT molecular complexity index is 972. The van der Waals surface area contributed by atoms with E-state index in [1.807, 2.05) is 25.1 Å². The quantitative estimate of drug-likeness (QED) is 0.571. The molecule has 0 aliphatic heterocycles. The molecule has 3 rings (SSSR count). The number of aromatic nitrogens is 2. The summed E-state index contributed by atoms with van der Waals surface area (Å²) in [5.74, 6) is -1.48. The van der Waals surface area contributed by atoms with Crippen molar-refractivity contribution in [1.29, 1.82) is 0 Å². The Balaban J connectivity index is 2.14. The highest BCUT2D eigenvalue weighted by Gasteiger charge is 2.17. The van der Waals surface area contributed by atoms with Crippen LogP contribution in [-0.4, -0.2) is 27.3 Å². The molecule has 24 heavy (non-hydrogen) atoms. The van der Waals surface area contributed by atoms with Crippen LogP contribution in [0.5, 0.6) is 11.8 Å². The molecule has 1 N–H and O–H groups in total. The molecule has 2 aromatic heterocycles. The van der Waals surface area contributed by atoms with Crippen molar-refractivity contribution in [2.75, 3.05) is 0 Å². The summed E-state index contributed by atoms with van der Waals surface area (Å²) in [6.07, 6.45) is 0.590. The molecule has 0 saturated heterocycles. The summed E-state index contributed by atoms with van der Waals surface area (Å²) in [5.41, 5.74) is 1.62. The zero-order valence-electron chi connectivity index (χ0n) is 12.5. The largest absolute Gasteiger partial charge is 0.477 e. The van der Waals surface area contributed by atoms with Gasteiger partial charge in [0, 0.05) is 5.39 Å². The Labute approximate surface area is 141 Å². The summed E-state index contributed by atoms with van der Waals surface area (Å²) in [6.45, 7) is 1.91. The van der Waals surface area contributed by atoms with Crippen molar-refractivity contribution in [3.8, 4) is 11.8 Å². The number of aryl methyl sites for hydroxylation is 1. The van der Waals surface area contributed by atoms with E-state index in [-0.39, 0.29) is 28.0 Å². The van der Waals surface area contributed by atoms with Crippen LogP contribution < -0.4 is 4.74 Å². The molecular weight excluding hydrogens is 332 g/mol. The van der Waals surface area contributed by atoms with E-state index in [1.54, 1.807) is 6.07 Å². The van der Waals surface area contributed by atoms with E-state index in [0.717, 1.165) is 10.9 Å². The number of carboxylic acid groups (broad SMARTS) is 1. The molecule has 0 aliphatic carbocycles. The van der Waals surface area contributed by atoms with E-state index in [4.69, 9.17) is 16.3 Å². The Hall–Kier alpha value is -2.99. The fourth-order valence-corrected chi connectivity index (χ4v) is 2.33. The molecule has 0 bridgehead atoms. The van der Waals surface area contributed by atoms with Crippen LogP contribution in [-0.2, 0) is 0 Å². The van der Waals surface area contributed by atoms with Gasteiger partial charge >= 0.3 is 5.97 Å². The van der Waals surface area contributed by atoms with Gasteiger partial charge in [0.1, 0.15) is 10.7 Å². The third-order valence-electron chi connectivity index (χ3n) is 3.34. The Morgan fingerprint density at radius 1 is 1.17 bits per heavy atom. The standard InChI is InChI=1S/C17H11ClN2O4/c1-9-2-3-10-7-11(8-21)15(19-13(10)6-9)24-16-12(17(22)23)4-5-14(18)20-16/h2-8H,1H3,(H,22,23). The number of fused-ring (bicyclic) bond motifs is 1. The summed E-state index contributed by atoms with van der Waals surface area (Å²) in [6, 6.07) is 9.82. The first-order valence-electron chi connectivity index (χ1n) is 6.92. The van der Waals surface area contributed by atoms with Crippen molar-refractivity contribution < 1.29 is 19.4 Å². The van der Waals surface area contributed by atoms with Crippen molar-refractivity contribution in [1.82, 2.24) is 9.97 Å². The maximum atomic E-state index is 11.3. The Morgan fingerprint density at radius 3 is 2.67 bits per heavy atom. The summed E-state index contributed by atoms with van der Waals surface area (Å²) in [5, 5.41) is 10.1. The van der Waals surface area contributed by atoms with E-state index >= 15 is 0 Å². The molecule has 7 heteroatoms. The highest BCUT2D eigenvalue weighted by molar-refractivity contribution is 6.29. The van der Waals surface area contributed by atoms with Crippen LogP contribution in [0.2, 0.25) is 5.15 Å². The van der Waals surface area contributed by atoms with Gasteiger partial charge in [-0.2, -0.15) is 0 Å². The molecule has 0 saturated carbocycles. The molecule has 0 atom stereocenters. The van der Waals surface area contributed by atoms with E-state index in [1.165, 1.54) is 12.1 Å². The first-order valence-corrected chi connectivity index (χ1v) is 7.30. The first-order chi connectivity index (χ1) is 11.5. The van der Waals surface area contributed by atoms with Gasteiger partial charge in [-0.05, 0) is 36.8 Å². The normalized spacial score (nSPS) is 10.6. The zero-order valence-corrected chi connectivity index (χ0v) is 13.2. The fourth-order valence-electron chi connectivity index (χ4n) is 2.19. The monoisotopic (exact) mass is 342 g/mol. The number of pyridine rings is 2. The van der Waals surface area contributed by atoms with E-state index in [9.17, 15) is 14.7 Å². The molecule has 1 aromatic carbocycles. The number of carbonyl (C=O) groups is 2. The van der Waals surface area contributed by atoms with Gasteiger partial charge in [-0.3, -0.25) is 4.79 Å². The first kappa shape index (κ1) is 15.9. The predicted molar refractivity (Wildman–Crippen MR) is 88.1 cm³/mol. The third-order valence-corrected chi connectivity index (χ3v) is 3.55.